The van der Waals surface area contributed by atoms with Gasteiger partial charge in [-0.1, -0.05) is 40.2 Å². The van der Waals surface area contributed by atoms with Crippen molar-refractivity contribution < 1.29 is 13.2 Å². The van der Waals surface area contributed by atoms with Crippen LogP contribution in [0.25, 0.3) is 0 Å². The van der Waals surface area contributed by atoms with Gasteiger partial charge in [0, 0.05) is 4.47 Å². The van der Waals surface area contributed by atoms with E-state index in [0.29, 0.717) is 5.56 Å². The van der Waals surface area contributed by atoms with E-state index in [1.807, 2.05) is 25.1 Å². The third-order valence-electron chi connectivity index (χ3n) is 3.36. The van der Waals surface area contributed by atoms with Crippen LogP contribution in [0.3, 0.4) is 0 Å². The molecule has 6 heteroatoms. The first kappa shape index (κ1) is 16.0. The monoisotopic (exact) mass is 358 g/mol. The van der Waals surface area contributed by atoms with E-state index in [9.17, 15) is 13.2 Å². The van der Waals surface area contributed by atoms with Gasteiger partial charge in [0.2, 0.25) is 0 Å². The minimum Gasteiger partial charge on any atom is -0.271 e. The maximum absolute atomic E-state index is 12.6. The van der Waals surface area contributed by atoms with Crippen LogP contribution in [-0.2, 0) is 6.18 Å². The Bertz CT molecular complexity index is 624. The molecule has 21 heavy (non-hydrogen) atoms. The van der Waals surface area contributed by atoms with Crippen molar-refractivity contribution in [1.29, 1.82) is 0 Å². The molecule has 0 radical (unpaired) electrons. The van der Waals surface area contributed by atoms with Gasteiger partial charge in [0.15, 0.2) is 0 Å². The van der Waals surface area contributed by atoms with Crippen LogP contribution >= 0.6 is 15.9 Å². The fourth-order valence-electron chi connectivity index (χ4n) is 2.17. The summed E-state index contributed by atoms with van der Waals surface area (Å²) < 4.78 is 38.7. The maximum Gasteiger partial charge on any atom is 0.416 e. The second-order valence-corrected chi connectivity index (χ2v) is 5.53. The lowest BCUT2D eigenvalue weighted by molar-refractivity contribution is -0.137. The maximum atomic E-state index is 12.6. The largest absolute Gasteiger partial charge is 0.416 e. The highest BCUT2D eigenvalue weighted by molar-refractivity contribution is 9.10. The summed E-state index contributed by atoms with van der Waals surface area (Å²) >= 11 is 3.44. The van der Waals surface area contributed by atoms with Gasteiger partial charge < -0.3 is 0 Å². The molecule has 0 bridgehead atoms. The lowest BCUT2D eigenvalue weighted by atomic mass is 9.95. The third-order valence-corrected chi connectivity index (χ3v) is 4.22. The van der Waals surface area contributed by atoms with E-state index in [-0.39, 0.29) is 6.04 Å². The molecule has 2 aromatic carbocycles. The fourth-order valence-corrected chi connectivity index (χ4v) is 2.55. The molecule has 0 amide bonds. The van der Waals surface area contributed by atoms with E-state index in [2.05, 4.69) is 21.4 Å². The number of hydrazine groups is 1. The average Bonchev–Trinajstić information content (AvgIpc) is 2.44. The second-order valence-electron chi connectivity index (χ2n) is 4.67. The molecular formula is C15H14BrF3N2. The minimum absolute atomic E-state index is 0.371. The number of nitrogens with two attached hydrogens (primary N) is 1. The topological polar surface area (TPSA) is 38.0 Å². The zero-order valence-electron chi connectivity index (χ0n) is 11.2. The van der Waals surface area contributed by atoms with Crippen LogP contribution in [0.4, 0.5) is 13.2 Å². The Hall–Kier alpha value is -1.37. The van der Waals surface area contributed by atoms with E-state index < -0.39 is 11.7 Å². The molecule has 112 valence electrons. The van der Waals surface area contributed by atoms with Crippen molar-refractivity contribution in [2.45, 2.75) is 19.1 Å². The van der Waals surface area contributed by atoms with Gasteiger partial charge in [-0.3, -0.25) is 5.84 Å². The standard InChI is InChI=1S/C15H14BrF3N2/c1-9-12(3-2-4-13(9)16)14(21-20)10-5-7-11(8-6-10)15(17,18)19/h2-8,14,21H,20H2,1H3. The molecule has 0 spiro atoms. The van der Waals surface area contributed by atoms with Crippen molar-refractivity contribution in [2.24, 2.45) is 5.84 Å². The number of nitrogens with one attached hydrogen (secondary N) is 1. The summed E-state index contributed by atoms with van der Waals surface area (Å²) in [7, 11) is 0. The summed E-state index contributed by atoms with van der Waals surface area (Å²) in [6.45, 7) is 1.92. The summed E-state index contributed by atoms with van der Waals surface area (Å²) in [5.74, 6) is 5.59. The highest BCUT2D eigenvalue weighted by Gasteiger charge is 2.30. The smallest absolute Gasteiger partial charge is 0.271 e. The van der Waals surface area contributed by atoms with Gasteiger partial charge in [0.25, 0.3) is 0 Å². The van der Waals surface area contributed by atoms with Crippen LogP contribution in [0, 0.1) is 6.92 Å². The Balaban J connectivity index is 2.40. The number of hydrogen-bond donors (Lipinski definition) is 2. The first-order valence-electron chi connectivity index (χ1n) is 6.23. The summed E-state index contributed by atoms with van der Waals surface area (Å²) in [6.07, 6.45) is -4.34. The molecule has 0 heterocycles. The zero-order valence-corrected chi connectivity index (χ0v) is 12.8. The molecule has 0 fully saturated rings. The SMILES string of the molecule is Cc1c(Br)cccc1C(NN)c1ccc(C(F)(F)F)cc1. The Labute approximate surface area is 129 Å². The van der Waals surface area contributed by atoms with E-state index >= 15 is 0 Å². The molecule has 0 aliphatic heterocycles. The van der Waals surface area contributed by atoms with E-state index in [0.717, 1.165) is 27.7 Å². The summed E-state index contributed by atoms with van der Waals surface area (Å²) in [5, 5.41) is 0. The fraction of sp³-hybridized carbons (Fsp3) is 0.200. The van der Waals surface area contributed by atoms with Crippen molar-refractivity contribution in [3.63, 3.8) is 0 Å². The minimum atomic E-state index is -4.34. The lowest BCUT2D eigenvalue weighted by Gasteiger charge is -2.20. The molecule has 0 aliphatic rings. The Kier molecular flexibility index (Phi) is 4.70. The number of alkyl halides is 3. The average molecular weight is 359 g/mol. The number of halogens is 4. The van der Waals surface area contributed by atoms with Gasteiger partial charge in [-0.15, -0.1) is 0 Å². The molecule has 2 aromatic rings. The highest BCUT2D eigenvalue weighted by atomic mass is 79.9. The summed E-state index contributed by atoms with van der Waals surface area (Å²) in [6, 6.07) is 10.3. The zero-order chi connectivity index (χ0) is 15.6. The summed E-state index contributed by atoms with van der Waals surface area (Å²) in [5.41, 5.74) is 4.55. The van der Waals surface area contributed by atoms with Crippen molar-refractivity contribution in [2.75, 3.05) is 0 Å². The Morgan fingerprint density at radius 2 is 1.71 bits per heavy atom. The first-order chi connectivity index (χ1) is 9.84. The molecule has 1 atom stereocenters. The quantitative estimate of drug-likeness (QED) is 0.633. The number of rotatable bonds is 3. The van der Waals surface area contributed by atoms with Crippen molar-refractivity contribution in [3.8, 4) is 0 Å². The second kappa shape index (κ2) is 6.17. The van der Waals surface area contributed by atoms with Gasteiger partial charge >= 0.3 is 6.18 Å². The van der Waals surface area contributed by atoms with Gasteiger partial charge in [0.05, 0.1) is 11.6 Å². The molecule has 0 saturated heterocycles. The van der Waals surface area contributed by atoms with Crippen molar-refractivity contribution in [1.82, 2.24) is 5.43 Å². The van der Waals surface area contributed by atoms with Crippen LogP contribution in [0.5, 0.6) is 0 Å². The van der Waals surface area contributed by atoms with Crippen molar-refractivity contribution in [3.05, 3.63) is 69.2 Å². The predicted octanol–water partition coefficient (Wildman–Crippen LogP) is 4.33. The van der Waals surface area contributed by atoms with Crippen LogP contribution in [0.1, 0.15) is 28.3 Å². The number of hydrogen-bond acceptors (Lipinski definition) is 2. The molecule has 2 rings (SSSR count). The van der Waals surface area contributed by atoms with E-state index in [4.69, 9.17) is 5.84 Å². The van der Waals surface area contributed by atoms with Gasteiger partial charge in [0.1, 0.15) is 0 Å². The molecule has 2 nitrogen and oxygen atoms in total. The third kappa shape index (κ3) is 3.45. The molecule has 1 unspecified atom stereocenters. The highest BCUT2D eigenvalue weighted by Crippen LogP contribution is 2.32. The van der Waals surface area contributed by atoms with Gasteiger partial charge in [-0.2, -0.15) is 13.2 Å². The lowest BCUT2D eigenvalue weighted by Crippen LogP contribution is -2.29. The number of benzene rings is 2. The van der Waals surface area contributed by atoms with Crippen LogP contribution in [-0.4, -0.2) is 0 Å². The van der Waals surface area contributed by atoms with Crippen LogP contribution in [0.15, 0.2) is 46.9 Å². The molecular weight excluding hydrogens is 345 g/mol. The summed E-state index contributed by atoms with van der Waals surface area (Å²) in [4.78, 5) is 0. The molecule has 0 aliphatic carbocycles. The van der Waals surface area contributed by atoms with Gasteiger partial charge in [-0.25, -0.2) is 5.43 Å². The van der Waals surface area contributed by atoms with Crippen LogP contribution in [0.2, 0.25) is 0 Å². The molecule has 0 saturated carbocycles. The Morgan fingerprint density at radius 1 is 1.10 bits per heavy atom. The first-order valence-corrected chi connectivity index (χ1v) is 7.02. The van der Waals surface area contributed by atoms with Crippen LogP contribution < -0.4 is 11.3 Å². The normalized spacial score (nSPS) is 13.2. The van der Waals surface area contributed by atoms with Gasteiger partial charge in [-0.05, 0) is 41.8 Å². The van der Waals surface area contributed by atoms with Crippen molar-refractivity contribution >= 4 is 15.9 Å². The molecule has 0 aromatic heterocycles. The predicted molar refractivity (Wildman–Crippen MR) is 79.5 cm³/mol. The van der Waals surface area contributed by atoms with E-state index in [1.165, 1.54) is 12.1 Å². The van der Waals surface area contributed by atoms with E-state index in [1.54, 1.807) is 0 Å². The molecule has 3 N–H and O–H groups in total. The Morgan fingerprint density at radius 3 is 2.24 bits per heavy atom.